The predicted octanol–water partition coefficient (Wildman–Crippen LogP) is 2.80. The van der Waals surface area contributed by atoms with Crippen molar-refractivity contribution in [1.82, 2.24) is 5.32 Å². The first-order valence-electron chi connectivity index (χ1n) is 10.1. The van der Waals surface area contributed by atoms with Crippen molar-refractivity contribution in [1.29, 1.82) is 0 Å². The summed E-state index contributed by atoms with van der Waals surface area (Å²) in [6.45, 7) is 3.96. The fourth-order valence-electron chi connectivity index (χ4n) is 3.14. The highest BCUT2D eigenvalue weighted by Gasteiger charge is 2.26. The fraction of sp³-hybridized carbons (Fsp3) is 0.455. The highest BCUT2D eigenvalue weighted by molar-refractivity contribution is 5.84. The summed E-state index contributed by atoms with van der Waals surface area (Å²) in [5.41, 5.74) is 2.98. The van der Waals surface area contributed by atoms with Gasteiger partial charge in [-0.2, -0.15) is 0 Å². The molecule has 1 aliphatic carbocycles. The van der Waals surface area contributed by atoms with Crippen LogP contribution in [0.4, 0.5) is 15.3 Å². The number of nitrogens with one attached hydrogen (secondary N) is 2. The first kappa shape index (κ1) is 20.4. The van der Waals surface area contributed by atoms with Crippen LogP contribution in [0, 0.1) is 5.92 Å². The van der Waals surface area contributed by atoms with Crippen molar-refractivity contribution in [3.8, 4) is 0 Å². The molecular formula is C22H26N2O6. The van der Waals surface area contributed by atoms with Crippen molar-refractivity contribution in [3.05, 3.63) is 53.6 Å². The van der Waals surface area contributed by atoms with Crippen LogP contribution in [0.1, 0.15) is 12.5 Å². The zero-order chi connectivity index (χ0) is 20.9. The third-order valence-corrected chi connectivity index (χ3v) is 5.06. The highest BCUT2D eigenvalue weighted by atomic mass is 16.6. The average Bonchev–Trinajstić information content (AvgIpc) is 3.63. The number of alkyl carbamates (subject to hydrolysis) is 1. The molecular weight excluding hydrogens is 388 g/mol. The molecule has 2 amide bonds. The van der Waals surface area contributed by atoms with Gasteiger partial charge in [0, 0.05) is 5.69 Å². The highest BCUT2D eigenvalue weighted by Crippen LogP contribution is 2.21. The van der Waals surface area contributed by atoms with Crippen molar-refractivity contribution in [2.24, 2.45) is 5.92 Å². The number of epoxide rings is 2. The van der Waals surface area contributed by atoms with Crippen LogP contribution in [0.2, 0.25) is 0 Å². The molecule has 4 unspecified atom stereocenters. The Hall–Kier alpha value is -2.84. The maximum Gasteiger partial charge on any atom is 0.411 e. The van der Waals surface area contributed by atoms with Gasteiger partial charge in [0.15, 0.2) is 0 Å². The summed E-state index contributed by atoms with van der Waals surface area (Å²) in [5, 5.41) is 5.58. The summed E-state index contributed by atoms with van der Waals surface area (Å²) >= 11 is 0. The maximum absolute atomic E-state index is 11.9. The van der Waals surface area contributed by atoms with E-state index in [1.54, 1.807) is 0 Å². The molecule has 4 atom stereocenters. The summed E-state index contributed by atoms with van der Waals surface area (Å²) in [6.07, 6.45) is 6.14. The van der Waals surface area contributed by atoms with Crippen LogP contribution in [0.25, 0.3) is 0 Å². The normalized spacial score (nSPS) is 26.4. The summed E-state index contributed by atoms with van der Waals surface area (Å²) in [5.74, 6) is 0.154. The van der Waals surface area contributed by atoms with Crippen LogP contribution in [0.15, 0.2) is 48.1 Å². The monoisotopic (exact) mass is 414 g/mol. The summed E-state index contributed by atoms with van der Waals surface area (Å²) in [4.78, 5) is 23.6. The Morgan fingerprint density at radius 2 is 1.67 bits per heavy atom. The standard InChI is InChI=1S/C22H26N2O6/c1-14-8-16(4-7-20(14)24-22(26)30-13-19-11-28-19)9-15-2-5-17(6-3-15)23-21(25)29-12-18-10-27-18/h2-8,14,18-20H,9-13H2,1H3,(H,23,25)(H,24,26). The van der Waals surface area contributed by atoms with Crippen molar-refractivity contribution in [3.63, 3.8) is 0 Å². The van der Waals surface area contributed by atoms with Crippen molar-refractivity contribution >= 4 is 17.9 Å². The lowest BCUT2D eigenvalue weighted by atomic mass is 9.90. The van der Waals surface area contributed by atoms with Crippen molar-refractivity contribution in [2.75, 3.05) is 31.7 Å². The smallest absolute Gasteiger partial charge is 0.411 e. The molecule has 160 valence electrons. The topological polar surface area (TPSA) is 102 Å². The average molecular weight is 414 g/mol. The number of allylic oxidation sites excluding steroid dienone is 2. The largest absolute Gasteiger partial charge is 0.447 e. The van der Waals surface area contributed by atoms with Crippen LogP contribution in [-0.4, -0.2) is 56.9 Å². The lowest BCUT2D eigenvalue weighted by molar-refractivity contribution is 0.132. The molecule has 2 saturated heterocycles. The van der Waals surface area contributed by atoms with E-state index in [2.05, 4.69) is 23.6 Å². The number of carbonyl (C=O) groups is 2. The Bertz CT molecular complexity index is 827. The molecule has 2 aliphatic heterocycles. The number of anilines is 1. The number of benzene rings is 1. The van der Waals surface area contributed by atoms with Crippen molar-refractivity contribution in [2.45, 2.75) is 31.6 Å². The fourth-order valence-corrected chi connectivity index (χ4v) is 3.14. The molecule has 2 fully saturated rings. The van der Waals surface area contributed by atoms with E-state index in [0.717, 1.165) is 12.0 Å². The van der Waals surface area contributed by atoms with Crippen LogP contribution < -0.4 is 10.6 Å². The van der Waals surface area contributed by atoms with Crippen LogP contribution in [0.5, 0.6) is 0 Å². The van der Waals surface area contributed by atoms with Crippen molar-refractivity contribution < 1.29 is 28.5 Å². The summed E-state index contributed by atoms with van der Waals surface area (Å²) in [7, 11) is 0. The minimum atomic E-state index is -0.480. The molecule has 0 aromatic heterocycles. The zero-order valence-electron chi connectivity index (χ0n) is 16.8. The molecule has 2 heterocycles. The van der Waals surface area contributed by atoms with Gasteiger partial charge in [0.05, 0.1) is 19.3 Å². The lowest BCUT2D eigenvalue weighted by Gasteiger charge is -2.24. The van der Waals surface area contributed by atoms with E-state index >= 15 is 0 Å². The minimum absolute atomic E-state index is 0.0510. The lowest BCUT2D eigenvalue weighted by Crippen LogP contribution is -2.39. The molecule has 0 spiro atoms. The molecule has 4 rings (SSSR count). The SMILES string of the molecule is CC1C=C(Cc2ccc(NC(=O)OCC3CO3)cc2)C=CC1NC(=O)OCC1CO1. The van der Waals surface area contributed by atoms with E-state index in [0.29, 0.717) is 25.5 Å². The van der Waals surface area contributed by atoms with E-state index in [1.165, 1.54) is 5.57 Å². The molecule has 30 heavy (non-hydrogen) atoms. The van der Waals surface area contributed by atoms with E-state index in [-0.39, 0.29) is 30.8 Å². The minimum Gasteiger partial charge on any atom is -0.447 e. The molecule has 8 heteroatoms. The molecule has 2 N–H and O–H groups in total. The van der Waals surface area contributed by atoms with Crippen LogP contribution in [0.3, 0.4) is 0 Å². The van der Waals surface area contributed by atoms with Gasteiger partial charge in [-0.1, -0.05) is 37.3 Å². The first-order chi connectivity index (χ1) is 14.5. The number of amides is 2. The third-order valence-electron chi connectivity index (χ3n) is 5.06. The van der Waals surface area contributed by atoms with E-state index in [4.69, 9.17) is 18.9 Å². The number of hydrogen-bond donors (Lipinski definition) is 2. The zero-order valence-corrected chi connectivity index (χ0v) is 16.8. The molecule has 3 aliphatic rings. The molecule has 1 aromatic carbocycles. The predicted molar refractivity (Wildman–Crippen MR) is 109 cm³/mol. The summed E-state index contributed by atoms with van der Waals surface area (Å²) < 4.78 is 20.2. The second kappa shape index (κ2) is 9.32. The van der Waals surface area contributed by atoms with Crippen LogP contribution in [-0.2, 0) is 25.4 Å². The molecule has 0 saturated carbocycles. The Labute approximate surface area is 175 Å². The molecule has 0 radical (unpaired) electrons. The van der Waals surface area contributed by atoms with E-state index in [9.17, 15) is 9.59 Å². The Balaban J connectivity index is 1.22. The first-order valence-corrected chi connectivity index (χ1v) is 10.1. The van der Waals surface area contributed by atoms with Gasteiger partial charge in [0.2, 0.25) is 0 Å². The quantitative estimate of drug-likeness (QED) is 0.635. The van der Waals surface area contributed by atoms with Crippen LogP contribution >= 0.6 is 0 Å². The van der Waals surface area contributed by atoms with Gasteiger partial charge in [0.1, 0.15) is 25.4 Å². The molecule has 8 nitrogen and oxygen atoms in total. The number of hydrogen-bond acceptors (Lipinski definition) is 6. The van der Waals surface area contributed by atoms with Gasteiger partial charge in [-0.05, 0) is 35.6 Å². The Kier molecular flexibility index (Phi) is 6.35. The second-order valence-electron chi connectivity index (χ2n) is 7.74. The van der Waals surface area contributed by atoms with E-state index < -0.39 is 12.2 Å². The number of ether oxygens (including phenoxy) is 4. The van der Waals surface area contributed by atoms with Gasteiger partial charge < -0.3 is 24.3 Å². The molecule has 0 bridgehead atoms. The number of rotatable bonds is 8. The summed E-state index contributed by atoms with van der Waals surface area (Å²) in [6, 6.07) is 7.55. The van der Waals surface area contributed by atoms with Gasteiger partial charge in [-0.25, -0.2) is 9.59 Å². The van der Waals surface area contributed by atoms with Gasteiger partial charge in [-0.3, -0.25) is 5.32 Å². The van der Waals surface area contributed by atoms with E-state index in [1.807, 2.05) is 36.4 Å². The maximum atomic E-state index is 11.9. The number of carbonyl (C=O) groups excluding carboxylic acids is 2. The Morgan fingerprint density at radius 1 is 1.03 bits per heavy atom. The Morgan fingerprint density at radius 3 is 2.27 bits per heavy atom. The molecule has 1 aromatic rings. The van der Waals surface area contributed by atoms with Gasteiger partial charge in [0.25, 0.3) is 0 Å². The van der Waals surface area contributed by atoms with Gasteiger partial charge in [-0.15, -0.1) is 0 Å². The van der Waals surface area contributed by atoms with Gasteiger partial charge >= 0.3 is 12.2 Å². The third kappa shape index (κ3) is 6.33. The second-order valence-corrected chi connectivity index (χ2v) is 7.74.